The number of likely N-dealkylation sites (N-methyl/N-ethyl adjacent to an activating group) is 1. The van der Waals surface area contributed by atoms with E-state index in [4.69, 9.17) is 5.11 Å². The molecule has 1 N–H and O–H groups in total. The predicted octanol–water partition coefficient (Wildman–Crippen LogP) is 1.22. The van der Waals surface area contributed by atoms with Gasteiger partial charge < -0.3 is 10.0 Å². The van der Waals surface area contributed by atoms with E-state index in [1.165, 1.54) is 0 Å². The number of carbonyl (C=O) groups excluding carboxylic acids is 1. The molecule has 0 spiro atoms. The number of carboxylic acid groups (broad SMARTS) is 1. The summed E-state index contributed by atoms with van der Waals surface area (Å²) in [5.41, 5.74) is 1.04. The Kier molecular flexibility index (Phi) is 6.46. The van der Waals surface area contributed by atoms with Crippen LogP contribution in [0.3, 0.4) is 0 Å². The number of hydrogen-bond donors (Lipinski definition) is 1. The fourth-order valence-electron chi connectivity index (χ4n) is 1.82. The van der Waals surface area contributed by atoms with Crippen LogP contribution in [0.25, 0.3) is 0 Å². The van der Waals surface area contributed by atoms with Crippen molar-refractivity contribution < 1.29 is 14.7 Å². The van der Waals surface area contributed by atoms with Crippen molar-refractivity contribution in [3.63, 3.8) is 0 Å². The van der Waals surface area contributed by atoms with Gasteiger partial charge in [-0.3, -0.25) is 14.5 Å². The van der Waals surface area contributed by atoms with E-state index >= 15 is 0 Å². The number of benzene rings is 1. The van der Waals surface area contributed by atoms with Crippen molar-refractivity contribution in [2.75, 3.05) is 26.7 Å². The summed E-state index contributed by atoms with van der Waals surface area (Å²) in [5, 5.41) is 8.80. The largest absolute Gasteiger partial charge is 0.480 e. The first kappa shape index (κ1) is 15.9. The average Bonchev–Trinajstić information content (AvgIpc) is 2.39. The second-order valence-electron chi connectivity index (χ2n) is 4.59. The van der Waals surface area contributed by atoms with E-state index < -0.39 is 5.97 Å². The number of amides is 1. The van der Waals surface area contributed by atoms with E-state index in [1.54, 1.807) is 22.9 Å². The van der Waals surface area contributed by atoms with Crippen LogP contribution in [-0.4, -0.2) is 53.5 Å². The predicted molar refractivity (Wildman–Crippen MR) is 77.2 cm³/mol. The zero-order valence-electron chi connectivity index (χ0n) is 11.7. The van der Waals surface area contributed by atoms with Gasteiger partial charge >= 0.3 is 5.97 Å². The minimum absolute atomic E-state index is 0.0711. The summed E-state index contributed by atoms with van der Waals surface area (Å²) >= 11 is 0. The third-order valence-corrected chi connectivity index (χ3v) is 2.79. The molecule has 0 unspecified atom stereocenters. The van der Waals surface area contributed by atoms with Crippen molar-refractivity contribution in [3.8, 4) is 0 Å². The fourth-order valence-corrected chi connectivity index (χ4v) is 1.82. The molecule has 1 aromatic carbocycles. The molecule has 5 nitrogen and oxygen atoms in total. The van der Waals surface area contributed by atoms with Crippen molar-refractivity contribution in [2.45, 2.75) is 6.54 Å². The summed E-state index contributed by atoms with van der Waals surface area (Å²) in [6, 6.07) is 9.65. The standard InChI is InChI=1S/C15H20N2O3/c1-3-9-17(12-15(19)20)11-14(18)16(2)10-13-7-5-4-6-8-13/h3-8H,1,9-12H2,2H3,(H,19,20). The van der Waals surface area contributed by atoms with Crippen LogP contribution in [0, 0.1) is 0 Å². The van der Waals surface area contributed by atoms with Gasteiger partial charge in [-0.2, -0.15) is 0 Å². The van der Waals surface area contributed by atoms with Crippen LogP contribution in [0.2, 0.25) is 0 Å². The molecule has 0 aromatic heterocycles. The Morgan fingerprint density at radius 1 is 1.25 bits per heavy atom. The van der Waals surface area contributed by atoms with Crippen LogP contribution in [0.15, 0.2) is 43.0 Å². The molecule has 0 heterocycles. The van der Waals surface area contributed by atoms with Crippen LogP contribution >= 0.6 is 0 Å². The van der Waals surface area contributed by atoms with Gasteiger partial charge in [0.2, 0.25) is 5.91 Å². The topological polar surface area (TPSA) is 60.9 Å². The molecule has 0 radical (unpaired) electrons. The first-order valence-electron chi connectivity index (χ1n) is 6.36. The highest BCUT2D eigenvalue weighted by Gasteiger charge is 2.16. The Bertz CT molecular complexity index is 459. The molecule has 0 aliphatic heterocycles. The molecule has 0 saturated heterocycles. The number of carbonyl (C=O) groups is 2. The summed E-state index contributed by atoms with van der Waals surface area (Å²) in [6.45, 7) is 4.35. The number of aliphatic carboxylic acids is 1. The maximum atomic E-state index is 12.1. The molecular formula is C15H20N2O3. The van der Waals surface area contributed by atoms with Gasteiger partial charge in [0.1, 0.15) is 0 Å². The summed E-state index contributed by atoms with van der Waals surface area (Å²) < 4.78 is 0. The molecular weight excluding hydrogens is 256 g/mol. The monoisotopic (exact) mass is 276 g/mol. The van der Waals surface area contributed by atoms with Crippen LogP contribution in [0.1, 0.15) is 5.56 Å². The molecule has 0 fully saturated rings. The summed E-state index contributed by atoms with van der Waals surface area (Å²) in [4.78, 5) is 25.9. The van der Waals surface area contributed by atoms with Crippen molar-refractivity contribution in [3.05, 3.63) is 48.6 Å². The van der Waals surface area contributed by atoms with Crippen molar-refractivity contribution in [2.24, 2.45) is 0 Å². The van der Waals surface area contributed by atoms with Gasteiger partial charge in [0.15, 0.2) is 0 Å². The lowest BCUT2D eigenvalue weighted by molar-refractivity contribution is -0.139. The lowest BCUT2D eigenvalue weighted by Gasteiger charge is -2.23. The SMILES string of the molecule is C=CCN(CC(=O)O)CC(=O)N(C)Cc1ccccc1. The Balaban J connectivity index is 2.54. The first-order chi connectivity index (χ1) is 9.52. The van der Waals surface area contributed by atoms with Gasteiger partial charge in [0.05, 0.1) is 13.1 Å². The lowest BCUT2D eigenvalue weighted by atomic mass is 10.2. The molecule has 0 aliphatic carbocycles. The average molecular weight is 276 g/mol. The molecule has 1 amide bonds. The maximum Gasteiger partial charge on any atom is 0.317 e. The van der Waals surface area contributed by atoms with Gasteiger partial charge in [0, 0.05) is 20.1 Å². The second-order valence-corrected chi connectivity index (χ2v) is 4.59. The highest BCUT2D eigenvalue weighted by Crippen LogP contribution is 2.03. The van der Waals surface area contributed by atoms with E-state index in [2.05, 4.69) is 6.58 Å². The molecule has 20 heavy (non-hydrogen) atoms. The van der Waals surface area contributed by atoms with Gasteiger partial charge in [-0.05, 0) is 5.56 Å². The molecule has 0 bridgehead atoms. The number of carboxylic acids is 1. The minimum Gasteiger partial charge on any atom is -0.480 e. The third-order valence-electron chi connectivity index (χ3n) is 2.79. The maximum absolute atomic E-state index is 12.1. The number of hydrogen-bond acceptors (Lipinski definition) is 3. The summed E-state index contributed by atoms with van der Waals surface area (Å²) in [7, 11) is 1.71. The second kappa shape index (κ2) is 8.12. The van der Waals surface area contributed by atoms with Crippen LogP contribution in [0.4, 0.5) is 0 Å². The smallest absolute Gasteiger partial charge is 0.317 e. The van der Waals surface area contributed by atoms with E-state index in [0.717, 1.165) is 5.56 Å². The van der Waals surface area contributed by atoms with Crippen molar-refractivity contribution in [1.82, 2.24) is 9.80 Å². The minimum atomic E-state index is -0.953. The van der Waals surface area contributed by atoms with E-state index in [9.17, 15) is 9.59 Å². The molecule has 5 heteroatoms. The van der Waals surface area contributed by atoms with Crippen molar-refractivity contribution in [1.29, 1.82) is 0 Å². The Labute approximate surface area is 119 Å². The lowest BCUT2D eigenvalue weighted by Crippen LogP contribution is -2.40. The molecule has 108 valence electrons. The fraction of sp³-hybridized carbons (Fsp3) is 0.333. The summed E-state index contributed by atoms with van der Waals surface area (Å²) in [5.74, 6) is -1.07. The van der Waals surface area contributed by atoms with Crippen LogP contribution in [-0.2, 0) is 16.1 Å². The van der Waals surface area contributed by atoms with E-state index in [0.29, 0.717) is 13.1 Å². The molecule has 1 aromatic rings. The Morgan fingerprint density at radius 2 is 1.90 bits per heavy atom. The Morgan fingerprint density at radius 3 is 2.45 bits per heavy atom. The highest BCUT2D eigenvalue weighted by atomic mass is 16.4. The van der Waals surface area contributed by atoms with Crippen molar-refractivity contribution >= 4 is 11.9 Å². The van der Waals surface area contributed by atoms with Gasteiger partial charge in [-0.25, -0.2) is 0 Å². The molecule has 0 aliphatic rings. The molecule has 1 rings (SSSR count). The zero-order chi connectivity index (χ0) is 15.0. The number of nitrogens with zero attached hydrogens (tertiary/aromatic N) is 2. The van der Waals surface area contributed by atoms with Gasteiger partial charge in [0.25, 0.3) is 0 Å². The van der Waals surface area contributed by atoms with Gasteiger partial charge in [-0.1, -0.05) is 36.4 Å². The molecule has 0 atom stereocenters. The highest BCUT2D eigenvalue weighted by molar-refractivity contribution is 5.79. The quantitative estimate of drug-likeness (QED) is 0.725. The van der Waals surface area contributed by atoms with E-state index in [-0.39, 0.29) is 19.0 Å². The first-order valence-corrected chi connectivity index (χ1v) is 6.36. The molecule has 0 saturated carbocycles. The summed E-state index contributed by atoms with van der Waals surface area (Å²) in [6.07, 6.45) is 1.59. The number of rotatable bonds is 8. The van der Waals surface area contributed by atoms with Crippen LogP contribution < -0.4 is 0 Å². The normalized spacial score (nSPS) is 10.3. The zero-order valence-corrected chi connectivity index (χ0v) is 11.7. The Hall–Kier alpha value is -2.14. The van der Waals surface area contributed by atoms with E-state index in [1.807, 2.05) is 30.3 Å². The van der Waals surface area contributed by atoms with Crippen LogP contribution in [0.5, 0.6) is 0 Å². The third kappa shape index (κ3) is 5.67. The van der Waals surface area contributed by atoms with Gasteiger partial charge in [-0.15, -0.1) is 6.58 Å².